The van der Waals surface area contributed by atoms with E-state index in [1.165, 1.54) is 21.9 Å². The number of carboxylic acids is 1. The maximum absolute atomic E-state index is 12.2. The molecule has 2 heterocycles. The largest absolute Gasteiger partial charge is 0.480 e. The minimum absolute atomic E-state index is 0.167. The average molecular weight is 281 g/mol. The molecule has 0 fully saturated rings. The van der Waals surface area contributed by atoms with Crippen LogP contribution in [0.1, 0.15) is 20.9 Å². The second-order valence-electron chi connectivity index (χ2n) is 3.92. The van der Waals surface area contributed by atoms with Crippen LogP contribution < -0.4 is 10.9 Å². The first-order valence-electron chi connectivity index (χ1n) is 5.39. The molecule has 2 rings (SSSR count). The highest BCUT2D eigenvalue weighted by molar-refractivity contribution is 7.17. The molecule has 0 saturated heterocycles. The van der Waals surface area contributed by atoms with E-state index in [4.69, 9.17) is 5.11 Å². The van der Waals surface area contributed by atoms with E-state index in [9.17, 15) is 14.4 Å². The summed E-state index contributed by atoms with van der Waals surface area (Å²) in [6.07, 6.45) is 1.17. The van der Waals surface area contributed by atoms with E-state index in [1.54, 1.807) is 6.92 Å². The number of nitrogens with zero attached hydrogens (tertiary/aromatic N) is 2. The number of aliphatic carboxylic acids is 1. The maximum atomic E-state index is 12.2. The van der Waals surface area contributed by atoms with Crippen molar-refractivity contribution in [2.75, 3.05) is 6.54 Å². The molecule has 19 heavy (non-hydrogen) atoms. The summed E-state index contributed by atoms with van der Waals surface area (Å²) in [5.41, 5.74) is 0.0692. The van der Waals surface area contributed by atoms with Crippen molar-refractivity contribution in [1.29, 1.82) is 0 Å². The van der Waals surface area contributed by atoms with Gasteiger partial charge in [-0.3, -0.25) is 18.8 Å². The lowest BCUT2D eigenvalue weighted by molar-refractivity contribution is -0.135. The number of aromatic nitrogens is 2. The van der Waals surface area contributed by atoms with Gasteiger partial charge in [0.2, 0.25) is 0 Å². The molecule has 100 valence electrons. The van der Waals surface area contributed by atoms with Gasteiger partial charge >= 0.3 is 5.97 Å². The average Bonchev–Trinajstić information content (AvgIpc) is 2.63. The van der Waals surface area contributed by atoms with Gasteiger partial charge in [-0.15, -0.1) is 11.3 Å². The van der Waals surface area contributed by atoms with E-state index in [0.717, 1.165) is 10.6 Å². The third-order valence-corrected chi connectivity index (χ3v) is 3.74. The Morgan fingerprint density at radius 3 is 2.79 bits per heavy atom. The van der Waals surface area contributed by atoms with Crippen molar-refractivity contribution >= 4 is 28.2 Å². The van der Waals surface area contributed by atoms with Crippen molar-refractivity contribution in [3.8, 4) is 0 Å². The van der Waals surface area contributed by atoms with Crippen LogP contribution in [0.3, 0.4) is 0 Å². The second kappa shape index (κ2) is 4.81. The molecule has 0 spiro atoms. The third-order valence-electron chi connectivity index (χ3n) is 2.66. The number of carbonyl (C=O) groups excluding carboxylic acids is 1. The van der Waals surface area contributed by atoms with Crippen LogP contribution >= 0.6 is 11.3 Å². The van der Waals surface area contributed by atoms with Gasteiger partial charge in [0.25, 0.3) is 11.5 Å². The Morgan fingerprint density at radius 2 is 2.16 bits per heavy atom. The van der Waals surface area contributed by atoms with Gasteiger partial charge < -0.3 is 10.4 Å². The molecule has 0 aliphatic rings. The van der Waals surface area contributed by atoms with Crippen LogP contribution in [0.4, 0.5) is 0 Å². The second-order valence-corrected chi connectivity index (χ2v) is 5.10. The molecular weight excluding hydrogens is 270 g/mol. The Morgan fingerprint density at radius 1 is 1.47 bits per heavy atom. The highest BCUT2D eigenvalue weighted by Crippen LogP contribution is 2.18. The van der Waals surface area contributed by atoms with Gasteiger partial charge in [0.1, 0.15) is 12.1 Å². The molecule has 0 bridgehead atoms. The zero-order valence-electron chi connectivity index (χ0n) is 10.3. The monoisotopic (exact) mass is 281 g/mol. The first-order valence-corrected chi connectivity index (χ1v) is 6.21. The third kappa shape index (κ3) is 2.34. The van der Waals surface area contributed by atoms with E-state index < -0.39 is 24.0 Å². The number of carboxylic acid groups (broad SMARTS) is 1. The summed E-state index contributed by atoms with van der Waals surface area (Å²) in [4.78, 5) is 39.7. The summed E-state index contributed by atoms with van der Waals surface area (Å²) in [5.74, 6) is -1.91. The van der Waals surface area contributed by atoms with Gasteiger partial charge in [-0.2, -0.15) is 0 Å². The minimum Gasteiger partial charge on any atom is -0.480 e. The molecule has 8 heteroatoms. The Kier molecular flexibility index (Phi) is 3.34. The van der Waals surface area contributed by atoms with Crippen LogP contribution in [0.2, 0.25) is 0 Å². The summed E-state index contributed by atoms with van der Waals surface area (Å²) in [7, 11) is 0. The molecule has 0 aliphatic carbocycles. The van der Waals surface area contributed by atoms with Crippen molar-refractivity contribution < 1.29 is 14.7 Å². The summed E-state index contributed by atoms with van der Waals surface area (Å²) < 4.78 is 1.36. The van der Waals surface area contributed by atoms with Crippen molar-refractivity contribution in [2.45, 2.75) is 13.8 Å². The fourth-order valence-electron chi connectivity index (χ4n) is 1.58. The summed E-state index contributed by atoms with van der Waals surface area (Å²) in [6.45, 7) is 3.09. The topological polar surface area (TPSA) is 101 Å². The van der Waals surface area contributed by atoms with E-state index in [-0.39, 0.29) is 5.56 Å². The van der Waals surface area contributed by atoms with Gasteiger partial charge in [-0.1, -0.05) is 0 Å². The van der Waals surface area contributed by atoms with Gasteiger partial charge in [-0.05, 0) is 13.8 Å². The summed E-state index contributed by atoms with van der Waals surface area (Å²) in [6, 6.07) is 0. The van der Waals surface area contributed by atoms with Crippen LogP contribution in [0.15, 0.2) is 11.0 Å². The Labute approximate surface area is 111 Å². The number of aryl methyl sites for hydroxylation is 2. The van der Waals surface area contributed by atoms with Crippen LogP contribution in [-0.2, 0) is 4.79 Å². The van der Waals surface area contributed by atoms with Crippen LogP contribution in [0, 0.1) is 13.8 Å². The predicted molar refractivity (Wildman–Crippen MR) is 68.8 cm³/mol. The lowest BCUT2D eigenvalue weighted by Crippen LogP contribution is -2.34. The van der Waals surface area contributed by atoms with Gasteiger partial charge in [-0.25, -0.2) is 4.98 Å². The highest BCUT2D eigenvalue weighted by atomic mass is 32.1. The smallest absolute Gasteiger partial charge is 0.322 e. The molecule has 2 aromatic heterocycles. The number of amides is 1. The molecule has 2 N–H and O–H groups in total. The Hall–Kier alpha value is -2.22. The lowest BCUT2D eigenvalue weighted by Gasteiger charge is -2.02. The first kappa shape index (κ1) is 13.2. The van der Waals surface area contributed by atoms with Gasteiger partial charge in [0.15, 0.2) is 4.96 Å². The quantitative estimate of drug-likeness (QED) is 0.836. The standard InChI is InChI=1S/C11H11N3O4S/c1-5-6(2)19-11-13-3-7(10(18)14(5)11)9(17)12-4-8(15)16/h3H,4H2,1-2H3,(H,12,17)(H,15,16). The molecule has 0 saturated carbocycles. The zero-order chi connectivity index (χ0) is 14.2. The van der Waals surface area contributed by atoms with Crippen LogP contribution in [-0.4, -0.2) is 32.9 Å². The first-order chi connectivity index (χ1) is 8.91. The van der Waals surface area contributed by atoms with Crippen LogP contribution in [0.5, 0.6) is 0 Å². The number of thiazole rings is 1. The van der Waals surface area contributed by atoms with E-state index in [0.29, 0.717) is 4.96 Å². The molecule has 0 aliphatic heterocycles. The number of carbonyl (C=O) groups is 2. The number of hydrogen-bond acceptors (Lipinski definition) is 5. The molecule has 1 amide bonds. The van der Waals surface area contributed by atoms with Crippen LogP contribution in [0.25, 0.3) is 4.96 Å². The van der Waals surface area contributed by atoms with E-state index in [1.807, 2.05) is 6.92 Å². The normalized spacial score (nSPS) is 10.6. The number of hydrogen-bond donors (Lipinski definition) is 2. The van der Waals surface area contributed by atoms with Crippen molar-refractivity contribution in [3.05, 3.63) is 32.7 Å². The number of fused-ring (bicyclic) bond motifs is 1. The SMILES string of the molecule is Cc1sc2ncc(C(=O)NCC(=O)O)c(=O)n2c1C. The molecule has 2 aromatic rings. The summed E-state index contributed by atoms with van der Waals surface area (Å²) >= 11 is 1.36. The highest BCUT2D eigenvalue weighted by Gasteiger charge is 2.16. The van der Waals surface area contributed by atoms with Gasteiger partial charge in [0.05, 0.1) is 0 Å². The molecule has 0 atom stereocenters. The van der Waals surface area contributed by atoms with Crippen molar-refractivity contribution in [2.24, 2.45) is 0 Å². The van der Waals surface area contributed by atoms with Crippen molar-refractivity contribution in [1.82, 2.24) is 14.7 Å². The Bertz CT molecular complexity index is 731. The van der Waals surface area contributed by atoms with E-state index in [2.05, 4.69) is 10.3 Å². The molecule has 0 radical (unpaired) electrons. The maximum Gasteiger partial charge on any atom is 0.322 e. The fourth-order valence-corrected chi connectivity index (χ4v) is 2.51. The van der Waals surface area contributed by atoms with Crippen molar-refractivity contribution in [3.63, 3.8) is 0 Å². The molecular formula is C11H11N3O4S. The predicted octanol–water partition coefficient (Wildman–Crippen LogP) is 0.187. The molecule has 0 aromatic carbocycles. The zero-order valence-corrected chi connectivity index (χ0v) is 11.1. The minimum atomic E-state index is -1.18. The number of nitrogens with one attached hydrogen (secondary N) is 1. The molecule has 0 unspecified atom stereocenters. The Balaban J connectivity index is 2.48. The number of rotatable bonds is 3. The summed E-state index contributed by atoms with van der Waals surface area (Å²) in [5, 5.41) is 10.6. The molecule has 7 nitrogen and oxygen atoms in total. The lowest BCUT2D eigenvalue weighted by atomic mass is 10.3. The fraction of sp³-hybridized carbons (Fsp3) is 0.273. The van der Waals surface area contributed by atoms with Gasteiger partial charge in [0, 0.05) is 16.8 Å². The van der Waals surface area contributed by atoms with E-state index >= 15 is 0 Å².